The largest absolute Gasteiger partial charge is 0.384 e. The molecule has 5 heteroatoms. The number of urea groups is 1. The molecule has 0 saturated heterocycles. The summed E-state index contributed by atoms with van der Waals surface area (Å²) in [5, 5.41) is 5.64. The number of carbonyl (C=O) groups excluding carboxylic acids is 1. The van der Waals surface area contributed by atoms with Crippen molar-refractivity contribution >= 4 is 17.5 Å². The van der Waals surface area contributed by atoms with E-state index in [0.717, 1.165) is 22.4 Å². The van der Waals surface area contributed by atoms with E-state index < -0.39 is 0 Å². The Balaban J connectivity index is 1.58. The molecule has 0 aliphatic rings. The second-order valence-corrected chi connectivity index (χ2v) is 5.34. The molecule has 0 saturated carbocycles. The van der Waals surface area contributed by atoms with Crippen LogP contribution < -0.4 is 16.4 Å². The standard InChI is InChI=1S/C19H18N4O/c20-18-12-16(10-11-21-18)15-6-8-17(9-7-15)23-19(24)22-13-14-4-2-1-3-5-14/h1-12H,13H2,(H2,20,21)(H2,22,23,24). The summed E-state index contributed by atoms with van der Waals surface area (Å²) in [5.74, 6) is 0.481. The third kappa shape index (κ3) is 4.10. The molecule has 3 rings (SSSR count). The molecule has 0 unspecified atom stereocenters. The lowest BCUT2D eigenvalue weighted by atomic mass is 10.1. The fourth-order valence-corrected chi connectivity index (χ4v) is 2.33. The van der Waals surface area contributed by atoms with E-state index in [1.165, 1.54) is 0 Å². The first kappa shape index (κ1) is 15.6. The van der Waals surface area contributed by atoms with Crippen molar-refractivity contribution in [3.8, 4) is 11.1 Å². The summed E-state index contributed by atoms with van der Waals surface area (Å²) in [7, 11) is 0. The Hall–Kier alpha value is -3.34. The number of hydrogen-bond acceptors (Lipinski definition) is 3. The molecule has 5 nitrogen and oxygen atoms in total. The highest BCUT2D eigenvalue weighted by Crippen LogP contribution is 2.22. The van der Waals surface area contributed by atoms with Gasteiger partial charge in [0.05, 0.1) is 0 Å². The van der Waals surface area contributed by atoms with Crippen LogP contribution in [0.1, 0.15) is 5.56 Å². The Kier molecular flexibility index (Phi) is 4.72. The molecule has 0 atom stereocenters. The lowest BCUT2D eigenvalue weighted by Gasteiger charge is -2.09. The number of nitrogens with two attached hydrogens (primary N) is 1. The molecule has 0 aliphatic carbocycles. The van der Waals surface area contributed by atoms with E-state index in [4.69, 9.17) is 5.73 Å². The van der Waals surface area contributed by atoms with Crippen molar-refractivity contribution in [2.24, 2.45) is 0 Å². The van der Waals surface area contributed by atoms with Crippen LogP contribution in [0, 0.1) is 0 Å². The van der Waals surface area contributed by atoms with E-state index in [9.17, 15) is 4.79 Å². The highest BCUT2D eigenvalue weighted by molar-refractivity contribution is 5.89. The Labute approximate surface area is 140 Å². The summed E-state index contributed by atoms with van der Waals surface area (Å²) in [6.07, 6.45) is 1.67. The van der Waals surface area contributed by atoms with Crippen molar-refractivity contribution in [3.05, 3.63) is 78.5 Å². The average Bonchev–Trinajstić information content (AvgIpc) is 2.61. The summed E-state index contributed by atoms with van der Waals surface area (Å²) in [4.78, 5) is 15.9. The maximum Gasteiger partial charge on any atom is 0.319 e. The SMILES string of the molecule is Nc1cc(-c2ccc(NC(=O)NCc3ccccc3)cc2)ccn1. The molecule has 4 N–H and O–H groups in total. The van der Waals surface area contributed by atoms with Gasteiger partial charge in [0.2, 0.25) is 0 Å². The molecule has 0 aliphatic heterocycles. The number of anilines is 2. The van der Waals surface area contributed by atoms with Crippen LogP contribution >= 0.6 is 0 Å². The quantitative estimate of drug-likeness (QED) is 0.687. The van der Waals surface area contributed by atoms with Gasteiger partial charge in [0.25, 0.3) is 0 Å². The van der Waals surface area contributed by atoms with E-state index in [0.29, 0.717) is 12.4 Å². The first-order valence-electron chi connectivity index (χ1n) is 7.61. The number of benzene rings is 2. The molecule has 0 spiro atoms. The minimum absolute atomic E-state index is 0.236. The van der Waals surface area contributed by atoms with Crippen LogP contribution in [-0.2, 0) is 6.54 Å². The molecule has 3 aromatic rings. The zero-order valence-corrected chi connectivity index (χ0v) is 13.1. The maximum absolute atomic E-state index is 11.9. The Morgan fingerprint density at radius 3 is 2.42 bits per heavy atom. The lowest BCUT2D eigenvalue weighted by Crippen LogP contribution is -2.28. The van der Waals surface area contributed by atoms with Crippen molar-refractivity contribution in [3.63, 3.8) is 0 Å². The smallest absolute Gasteiger partial charge is 0.319 e. The van der Waals surface area contributed by atoms with Crippen LogP contribution in [0.5, 0.6) is 0 Å². The van der Waals surface area contributed by atoms with Crippen LogP contribution in [0.25, 0.3) is 11.1 Å². The second kappa shape index (κ2) is 7.28. The fourth-order valence-electron chi connectivity index (χ4n) is 2.33. The number of rotatable bonds is 4. The molecule has 120 valence electrons. The van der Waals surface area contributed by atoms with E-state index >= 15 is 0 Å². The molecule has 1 aromatic heterocycles. The van der Waals surface area contributed by atoms with Gasteiger partial charge < -0.3 is 16.4 Å². The third-order valence-corrected chi connectivity index (χ3v) is 3.55. The number of hydrogen-bond donors (Lipinski definition) is 3. The summed E-state index contributed by atoms with van der Waals surface area (Å²) >= 11 is 0. The number of nitrogen functional groups attached to an aromatic ring is 1. The highest BCUT2D eigenvalue weighted by atomic mass is 16.2. The van der Waals surface area contributed by atoms with E-state index in [2.05, 4.69) is 15.6 Å². The zero-order valence-electron chi connectivity index (χ0n) is 13.1. The van der Waals surface area contributed by atoms with Crippen LogP contribution in [0.4, 0.5) is 16.3 Å². The van der Waals surface area contributed by atoms with Crippen LogP contribution in [0.2, 0.25) is 0 Å². The predicted octanol–water partition coefficient (Wildman–Crippen LogP) is 3.65. The minimum Gasteiger partial charge on any atom is -0.384 e. The van der Waals surface area contributed by atoms with Crippen molar-refractivity contribution in [2.45, 2.75) is 6.54 Å². The van der Waals surface area contributed by atoms with Crippen molar-refractivity contribution in [1.82, 2.24) is 10.3 Å². The summed E-state index contributed by atoms with van der Waals surface area (Å²) in [6.45, 7) is 0.487. The van der Waals surface area contributed by atoms with Crippen LogP contribution in [0.3, 0.4) is 0 Å². The number of nitrogens with zero attached hydrogens (tertiary/aromatic N) is 1. The fraction of sp³-hybridized carbons (Fsp3) is 0.0526. The average molecular weight is 318 g/mol. The number of pyridine rings is 1. The Morgan fingerprint density at radius 2 is 1.71 bits per heavy atom. The van der Waals surface area contributed by atoms with Gasteiger partial charge in [-0.1, -0.05) is 42.5 Å². The summed E-state index contributed by atoms with van der Waals surface area (Å²) in [5.41, 5.74) is 9.48. The van der Waals surface area contributed by atoms with Gasteiger partial charge in [-0.3, -0.25) is 0 Å². The molecular formula is C19H18N4O. The lowest BCUT2D eigenvalue weighted by molar-refractivity contribution is 0.251. The summed E-state index contributed by atoms with van der Waals surface area (Å²) in [6, 6.07) is 20.8. The van der Waals surface area contributed by atoms with E-state index in [1.807, 2.05) is 66.7 Å². The van der Waals surface area contributed by atoms with Crippen molar-refractivity contribution < 1.29 is 4.79 Å². The van der Waals surface area contributed by atoms with Gasteiger partial charge in [-0.25, -0.2) is 9.78 Å². The van der Waals surface area contributed by atoms with Gasteiger partial charge in [-0.15, -0.1) is 0 Å². The van der Waals surface area contributed by atoms with Gasteiger partial charge >= 0.3 is 6.03 Å². The topological polar surface area (TPSA) is 80.0 Å². The van der Waals surface area contributed by atoms with Crippen LogP contribution in [-0.4, -0.2) is 11.0 Å². The number of nitrogens with one attached hydrogen (secondary N) is 2. The molecule has 24 heavy (non-hydrogen) atoms. The molecule has 1 heterocycles. The van der Waals surface area contributed by atoms with Gasteiger partial charge in [0.1, 0.15) is 5.82 Å². The summed E-state index contributed by atoms with van der Waals surface area (Å²) < 4.78 is 0. The zero-order chi connectivity index (χ0) is 16.8. The Bertz CT molecular complexity index is 816. The first-order chi connectivity index (χ1) is 11.7. The van der Waals surface area contributed by atoms with Crippen molar-refractivity contribution in [1.29, 1.82) is 0 Å². The van der Waals surface area contributed by atoms with Gasteiger partial charge in [0.15, 0.2) is 0 Å². The molecular weight excluding hydrogens is 300 g/mol. The van der Waals surface area contributed by atoms with Crippen LogP contribution in [0.15, 0.2) is 72.9 Å². The number of amides is 2. The molecule has 0 fully saturated rings. The maximum atomic E-state index is 11.9. The van der Waals surface area contributed by atoms with Gasteiger partial charge in [-0.2, -0.15) is 0 Å². The first-order valence-corrected chi connectivity index (χ1v) is 7.61. The second-order valence-electron chi connectivity index (χ2n) is 5.34. The highest BCUT2D eigenvalue weighted by Gasteiger charge is 2.03. The van der Waals surface area contributed by atoms with Crippen molar-refractivity contribution in [2.75, 3.05) is 11.1 Å². The molecule has 2 aromatic carbocycles. The number of carbonyl (C=O) groups is 1. The molecule has 0 bridgehead atoms. The van der Waals surface area contributed by atoms with E-state index in [1.54, 1.807) is 6.20 Å². The third-order valence-electron chi connectivity index (χ3n) is 3.55. The Morgan fingerprint density at radius 1 is 0.958 bits per heavy atom. The predicted molar refractivity (Wildman–Crippen MR) is 96.4 cm³/mol. The van der Waals surface area contributed by atoms with Gasteiger partial charge in [-0.05, 0) is 41.0 Å². The molecule has 2 amide bonds. The number of aromatic nitrogens is 1. The minimum atomic E-state index is -0.236. The van der Waals surface area contributed by atoms with E-state index in [-0.39, 0.29) is 6.03 Å². The molecule has 0 radical (unpaired) electrons. The monoisotopic (exact) mass is 318 g/mol. The normalized spacial score (nSPS) is 10.2. The van der Waals surface area contributed by atoms with Gasteiger partial charge in [0, 0.05) is 18.4 Å².